The van der Waals surface area contributed by atoms with Crippen molar-refractivity contribution in [3.63, 3.8) is 0 Å². The number of H-pyrrole nitrogens is 1. The molecule has 0 saturated heterocycles. The van der Waals surface area contributed by atoms with Crippen LogP contribution in [0.25, 0.3) is 22.0 Å². The number of sulfonamides is 1. The molecule has 0 radical (unpaired) electrons. The Morgan fingerprint density at radius 3 is 2.85 bits per heavy atom. The molecule has 9 nitrogen and oxygen atoms in total. The summed E-state index contributed by atoms with van der Waals surface area (Å²) in [7, 11) is -3.76. The molecule has 0 saturated carbocycles. The second-order valence-electron chi connectivity index (χ2n) is 8.10. The molecule has 10 heteroatoms. The number of aromatic nitrogens is 3. The Morgan fingerprint density at radius 2 is 1.94 bits per heavy atom. The van der Waals surface area contributed by atoms with Gasteiger partial charge in [0, 0.05) is 30.2 Å². The lowest BCUT2D eigenvalue weighted by atomic mass is 10.0. The lowest BCUT2D eigenvalue weighted by Gasteiger charge is -2.29. The van der Waals surface area contributed by atoms with Crippen LogP contribution < -0.4 is 11.1 Å². The smallest absolute Gasteiger partial charge is 0.408 e. The van der Waals surface area contributed by atoms with Gasteiger partial charge in [0.1, 0.15) is 5.82 Å². The van der Waals surface area contributed by atoms with E-state index in [-0.39, 0.29) is 11.4 Å². The Balaban J connectivity index is 1.29. The molecule has 3 aromatic heterocycles. The number of rotatable bonds is 4. The molecular weight excluding hydrogens is 454 g/mol. The van der Waals surface area contributed by atoms with Gasteiger partial charge in [-0.1, -0.05) is 18.2 Å². The zero-order valence-electron chi connectivity index (χ0n) is 17.9. The van der Waals surface area contributed by atoms with E-state index in [4.69, 9.17) is 4.42 Å². The van der Waals surface area contributed by atoms with Crippen LogP contribution in [0.4, 0.5) is 11.5 Å². The van der Waals surface area contributed by atoms with Crippen LogP contribution in [0, 0.1) is 0 Å². The molecule has 0 fully saturated rings. The number of fused-ring (bicyclic) bond motifs is 3. The van der Waals surface area contributed by atoms with Crippen molar-refractivity contribution in [2.45, 2.75) is 17.9 Å². The number of nitrogens with zero attached hydrogens (tertiary/aromatic N) is 3. The minimum atomic E-state index is -3.76. The van der Waals surface area contributed by atoms with Crippen molar-refractivity contribution in [1.29, 1.82) is 0 Å². The largest absolute Gasteiger partial charge is 0.417 e. The van der Waals surface area contributed by atoms with Crippen LogP contribution in [0.2, 0.25) is 0 Å². The number of para-hydroxylation sites is 1. The van der Waals surface area contributed by atoms with Gasteiger partial charge in [0.15, 0.2) is 5.58 Å². The zero-order valence-corrected chi connectivity index (χ0v) is 18.7. The van der Waals surface area contributed by atoms with Crippen LogP contribution in [-0.4, -0.2) is 34.2 Å². The fraction of sp³-hybridized carbons (Fsp3) is 0.125. The third kappa shape index (κ3) is 3.53. The Morgan fingerprint density at radius 1 is 1.06 bits per heavy atom. The van der Waals surface area contributed by atoms with Crippen LogP contribution in [0.1, 0.15) is 11.1 Å². The first kappa shape index (κ1) is 20.6. The van der Waals surface area contributed by atoms with Crippen molar-refractivity contribution in [2.24, 2.45) is 0 Å². The summed E-state index contributed by atoms with van der Waals surface area (Å²) in [5, 5.41) is 4.37. The summed E-state index contributed by atoms with van der Waals surface area (Å²) in [4.78, 5) is 23.0. The summed E-state index contributed by atoms with van der Waals surface area (Å²) in [5.41, 5.74) is 4.27. The minimum Gasteiger partial charge on any atom is -0.408 e. The van der Waals surface area contributed by atoms with Crippen molar-refractivity contribution < 1.29 is 12.8 Å². The summed E-state index contributed by atoms with van der Waals surface area (Å²) in [6, 6.07) is 16.1. The highest BCUT2D eigenvalue weighted by Gasteiger charge is 2.30. The molecule has 0 spiro atoms. The highest BCUT2D eigenvalue weighted by Crippen LogP contribution is 2.30. The number of nitrogens with one attached hydrogen (secondary N) is 2. The van der Waals surface area contributed by atoms with Crippen molar-refractivity contribution in [2.75, 3.05) is 11.9 Å². The number of anilines is 2. The Hall–Kier alpha value is -4.02. The minimum absolute atomic E-state index is 0.107. The Kier molecular flexibility index (Phi) is 4.71. The summed E-state index contributed by atoms with van der Waals surface area (Å²) in [6.07, 6.45) is 3.95. The van der Waals surface area contributed by atoms with Gasteiger partial charge in [-0.25, -0.2) is 18.2 Å². The highest BCUT2D eigenvalue weighted by molar-refractivity contribution is 7.89. The molecule has 2 N–H and O–H groups in total. The topological polar surface area (TPSA) is 121 Å². The van der Waals surface area contributed by atoms with E-state index in [1.807, 2.05) is 36.4 Å². The second kappa shape index (κ2) is 7.79. The number of pyridine rings is 2. The van der Waals surface area contributed by atoms with Gasteiger partial charge < -0.3 is 9.73 Å². The second-order valence-corrected chi connectivity index (χ2v) is 10.0. The van der Waals surface area contributed by atoms with Gasteiger partial charge in [0.25, 0.3) is 0 Å². The van der Waals surface area contributed by atoms with E-state index in [0.29, 0.717) is 29.9 Å². The average Bonchev–Trinajstić information content (AvgIpc) is 3.23. The van der Waals surface area contributed by atoms with Gasteiger partial charge in [-0.15, -0.1) is 0 Å². The van der Waals surface area contributed by atoms with Crippen LogP contribution in [-0.2, 0) is 23.0 Å². The predicted octanol–water partition coefficient (Wildman–Crippen LogP) is 3.55. The lowest BCUT2D eigenvalue weighted by molar-refractivity contribution is 0.391. The Labute approximate surface area is 194 Å². The van der Waals surface area contributed by atoms with Gasteiger partial charge in [-0.05, 0) is 48.4 Å². The van der Waals surface area contributed by atoms with Gasteiger partial charge in [0.2, 0.25) is 10.0 Å². The third-order valence-corrected chi connectivity index (χ3v) is 7.83. The van der Waals surface area contributed by atoms with E-state index in [0.717, 1.165) is 27.7 Å². The maximum Gasteiger partial charge on any atom is 0.417 e. The molecule has 0 amide bonds. The summed E-state index contributed by atoms with van der Waals surface area (Å²) < 4.78 is 33.0. The molecule has 4 heterocycles. The van der Waals surface area contributed by atoms with E-state index < -0.39 is 15.8 Å². The van der Waals surface area contributed by atoms with Crippen LogP contribution in [0.5, 0.6) is 0 Å². The first-order chi connectivity index (χ1) is 16.5. The number of aromatic amines is 1. The molecule has 1 aliphatic heterocycles. The Bertz CT molecular complexity index is 1720. The summed E-state index contributed by atoms with van der Waals surface area (Å²) in [5.74, 6) is 0.0783. The molecule has 2 aromatic carbocycles. The van der Waals surface area contributed by atoms with Crippen molar-refractivity contribution >= 4 is 43.5 Å². The lowest BCUT2D eigenvalue weighted by Crippen LogP contribution is -2.36. The summed E-state index contributed by atoms with van der Waals surface area (Å²) in [6.45, 7) is 0.538. The van der Waals surface area contributed by atoms with Crippen LogP contribution in [0.15, 0.2) is 81.1 Å². The first-order valence-electron chi connectivity index (χ1n) is 10.7. The molecule has 0 atom stereocenters. The number of benzene rings is 2. The molecule has 6 rings (SSSR count). The van der Waals surface area contributed by atoms with Crippen LogP contribution >= 0.6 is 0 Å². The van der Waals surface area contributed by atoms with Gasteiger partial charge in [0.05, 0.1) is 27.8 Å². The fourth-order valence-electron chi connectivity index (χ4n) is 4.29. The molecular formula is C24H19N5O4S. The summed E-state index contributed by atoms with van der Waals surface area (Å²) >= 11 is 0. The average molecular weight is 474 g/mol. The standard InChI is InChI=1S/C24H19N5O4S/c30-24-28-21-12-18(5-6-22(21)33-24)34(31,32)29-10-8-19-16(14-29)7-9-25-23(19)27-17-11-15-3-1-2-4-20(15)26-13-17/h1-7,9,11-13H,8,10,14H2,(H,25,27)(H,28,30). The molecule has 0 unspecified atom stereocenters. The number of hydrogen-bond acceptors (Lipinski definition) is 7. The number of oxazole rings is 1. The molecule has 34 heavy (non-hydrogen) atoms. The third-order valence-electron chi connectivity index (χ3n) is 5.99. The fourth-order valence-corrected chi connectivity index (χ4v) is 5.74. The maximum atomic E-state index is 13.3. The highest BCUT2D eigenvalue weighted by atomic mass is 32.2. The molecule has 0 aliphatic carbocycles. The monoisotopic (exact) mass is 473 g/mol. The van der Waals surface area contributed by atoms with E-state index >= 15 is 0 Å². The van der Waals surface area contributed by atoms with E-state index in [9.17, 15) is 13.2 Å². The normalized spacial score (nSPS) is 14.4. The maximum absolute atomic E-state index is 13.3. The molecule has 0 bridgehead atoms. The van der Waals surface area contributed by atoms with E-state index in [2.05, 4.69) is 20.3 Å². The van der Waals surface area contributed by atoms with Crippen molar-refractivity contribution in [1.82, 2.24) is 19.3 Å². The van der Waals surface area contributed by atoms with Gasteiger partial charge in [-0.2, -0.15) is 4.31 Å². The first-order valence-corrected chi connectivity index (χ1v) is 12.1. The van der Waals surface area contributed by atoms with Gasteiger partial charge in [-0.3, -0.25) is 9.97 Å². The van der Waals surface area contributed by atoms with Crippen molar-refractivity contribution in [3.05, 3.63) is 88.7 Å². The van der Waals surface area contributed by atoms with E-state index in [1.54, 1.807) is 12.4 Å². The number of hydrogen-bond donors (Lipinski definition) is 2. The zero-order chi connectivity index (χ0) is 23.3. The predicted molar refractivity (Wildman–Crippen MR) is 127 cm³/mol. The molecule has 1 aliphatic rings. The quantitative estimate of drug-likeness (QED) is 0.409. The van der Waals surface area contributed by atoms with Crippen molar-refractivity contribution in [3.8, 4) is 0 Å². The molecule has 5 aromatic rings. The van der Waals surface area contributed by atoms with E-state index in [1.165, 1.54) is 22.5 Å². The van der Waals surface area contributed by atoms with Gasteiger partial charge >= 0.3 is 5.76 Å². The SMILES string of the molecule is O=c1[nH]c2cc(S(=O)(=O)N3CCc4c(ccnc4Nc4cnc5ccccc5c4)C3)ccc2o1. The molecule has 170 valence electrons. The van der Waals surface area contributed by atoms with Crippen LogP contribution in [0.3, 0.4) is 0 Å².